The molecule has 2 aromatic rings. The van der Waals surface area contributed by atoms with Crippen molar-refractivity contribution in [3.63, 3.8) is 0 Å². The summed E-state index contributed by atoms with van der Waals surface area (Å²) in [4.78, 5) is 2.59. The maximum absolute atomic E-state index is 6.11. The number of benzene rings is 2. The summed E-state index contributed by atoms with van der Waals surface area (Å²) in [5, 5.41) is 3.44. The summed E-state index contributed by atoms with van der Waals surface area (Å²) in [6.07, 6.45) is 2.32. The first-order valence-corrected chi connectivity index (χ1v) is 9.61. The van der Waals surface area contributed by atoms with Crippen LogP contribution in [0.4, 0.5) is 0 Å². The molecule has 2 aromatic carbocycles. The summed E-state index contributed by atoms with van der Waals surface area (Å²) in [7, 11) is 1.70. The van der Waals surface area contributed by atoms with Crippen molar-refractivity contribution in [3.8, 4) is 11.5 Å². The van der Waals surface area contributed by atoms with E-state index in [0.29, 0.717) is 12.6 Å². The number of methoxy groups -OCH3 is 1. The molecule has 0 unspecified atom stereocenters. The summed E-state index contributed by atoms with van der Waals surface area (Å²) in [5.74, 6) is 1.62. The fourth-order valence-electron chi connectivity index (χ4n) is 3.58. The van der Waals surface area contributed by atoms with E-state index in [9.17, 15) is 0 Å². The third-order valence-electron chi connectivity index (χ3n) is 4.96. The molecule has 0 bridgehead atoms. The highest BCUT2D eigenvalue weighted by atomic mass is 16.5. The van der Waals surface area contributed by atoms with E-state index in [2.05, 4.69) is 41.4 Å². The van der Waals surface area contributed by atoms with E-state index >= 15 is 0 Å². The highest BCUT2D eigenvalue weighted by Gasteiger charge is 2.22. The molecule has 140 valence electrons. The summed E-state index contributed by atoms with van der Waals surface area (Å²) < 4.78 is 11.6. The van der Waals surface area contributed by atoms with Crippen LogP contribution in [0.2, 0.25) is 0 Å². The topological polar surface area (TPSA) is 33.7 Å². The Morgan fingerprint density at radius 1 is 1.04 bits per heavy atom. The first-order chi connectivity index (χ1) is 12.8. The average Bonchev–Trinajstić information content (AvgIpc) is 2.71. The number of ether oxygens (including phenoxy) is 2. The van der Waals surface area contributed by atoms with Crippen LogP contribution in [0, 0.1) is 0 Å². The van der Waals surface area contributed by atoms with Gasteiger partial charge in [0.15, 0.2) is 11.5 Å². The van der Waals surface area contributed by atoms with E-state index in [0.717, 1.165) is 49.7 Å². The van der Waals surface area contributed by atoms with Crippen LogP contribution in [0.15, 0.2) is 48.5 Å². The Balaban J connectivity index is 1.79. The molecule has 0 radical (unpaired) electrons. The standard InChI is InChI=1S/C22H30N2O2/c1-3-7-20(24-14-12-23-13-15-24)19-10-11-21(25-2)22(16-19)26-17-18-8-5-4-6-9-18/h4-6,8-11,16,20,23H,3,7,12-15,17H2,1-2H3/t20-/m1/s1. The van der Waals surface area contributed by atoms with Gasteiger partial charge >= 0.3 is 0 Å². The van der Waals surface area contributed by atoms with Gasteiger partial charge in [-0.3, -0.25) is 4.90 Å². The predicted octanol–water partition coefficient (Wildman–Crippen LogP) is 4.02. The SMILES string of the molecule is CCC[C@H](c1ccc(OC)c(OCc2ccccc2)c1)N1CCNCC1. The van der Waals surface area contributed by atoms with Crippen LogP contribution >= 0.6 is 0 Å². The molecule has 1 heterocycles. The van der Waals surface area contributed by atoms with E-state index in [1.165, 1.54) is 12.0 Å². The van der Waals surface area contributed by atoms with Gasteiger partial charge in [0.05, 0.1) is 7.11 Å². The monoisotopic (exact) mass is 354 g/mol. The minimum absolute atomic E-state index is 0.437. The van der Waals surface area contributed by atoms with Crippen molar-refractivity contribution >= 4 is 0 Å². The predicted molar refractivity (Wildman–Crippen MR) is 106 cm³/mol. The molecule has 0 aromatic heterocycles. The van der Waals surface area contributed by atoms with Crippen LogP contribution in [-0.4, -0.2) is 38.2 Å². The number of hydrogen-bond acceptors (Lipinski definition) is 4. The van der Waals surface area contributed by atoms with Gasteiger partial charge < -0.3 is 14.8 Å². The quantitative estimate of drug-likeness (QED) is 0.776. The van der Waals surface area contributed by atoms with Gasteiger partial charge in [0.1, 0.15) is 6.61 Å². The zero-order valence-electron chi connectivity index (χ0n) is 15.9. The number of hydrogen-bond donors (Lipinski definition) is 1. The highest BCUT2D eigenvalue weighted by Crippen LogP contribution is 2.34. The second kappa shape index (κ2) is 9.60. The van der Waals surface area contributed by atoms with Gasteiger partial charge in [0, 0.05) is 32.2 Å². The van der Waals surface area contributed by atoms with Crippen LogP contribution in [-0.2, 0) is 6.61 Å². The molecule has 0 amide bonds. The van der Waals surface area contributed by atoms with Gasteiger partial charge in [-0.25, -0.2) is 0 Å². The summed E-state index contributed by atoms with van der Waals surface area (Å²) in [5.41, 5.74) is 2.48. The van der Waals surface area contributed by atoms with Gasteiger partial charge in [-0.1, -0.05) is 49.7 Å². The molecule has 4 nitrogen and oxygen atoms in total. The number of rotatable bonds is 8. The lowest BCUT2D eigenvalue weighted by atomic mass is 9.99. The number of nitrogens with zero attached hydrogens (tertiary/aromatic N) is 1. The molecule has 0 spiro atoms. The van der Waals surface area contributed by atoms with E-state index in [4.69, 9.17) is 9.47 Å². The Kier molecular flexibility index (Phi) is 6.92. The molecule has 1 N–H and O–H groups in total. The van der Waals surface area contributed by atoms with Crippen molar-refractivity contribution in [3.05, 3.63) is 59.7 Å². The van der Waals surface area contributed by atoms with Crippen LogP contribution < -0.4 is 14.8 Å². The van der Waals surface area contributed by atoms with Gasteiger partial charge in [0.25, 0.3) is 0 Å². The Morgan fingerprint density at radius 2 is 1.81 bits per heavy atom. The Morgan fingerprint density at radius 3 is 2.50 bits per heavy atom. The van der Waals surface area contributed by atoms with Crippen molar-refractivity contribution < 1.29 is 9.47 Å². The molecule has 1 atom stereocenters. The van der Waals surface area contributed by atoms with Crippen LogP contribution in [0.1, 0.15) is 36.9 Å². The van der Waals surface area contributed by atoms with Crippen molar-refractivity contribution in [2.24, 2.45) is 0 Å². The lowest BCUT2D eigenvalue weighted by Crippen LogP contribution is -2.45. The minimum Gasteiger partial charge on any atom is -0.493 e. The molecule has 3 rings (SSSR count). The van der Waals surface area contributed by atoms with Crippen molar-refractivity contribution in [1.29, 1.82) is 0 Å². The molecule has 1 aliphatic heterocycles. The summed E-state index contributed by atoms with van der Waals surface area (Å²) >= 11 is 0. The zero-order chi connectivity index (χ0) is 18.2. The second-order valence-corrected chi connectivity index (χ2v) is 6.78. The highest BCUT2D eigenvalue weighted by molar-refractivity contribution is 5.44. The fourth-order valence-corrected chi connectivity index (χ4v) is 3.58. The Bertz CT molecular complexity index is 669. The van der Waals surface area contributed by atoms with E-state index in [1.54, 1.807) is 7.11 Å². The third-order valence-corrected chi connectivity index (χ3v) is 4.96. The van der Waals surface area contributed by atoms with Crippen LogP contribution in [0.25, 0.3) is 0 Å². The molecule has 4 heteroatoms. The maximum Gasteiger partial charge on any atom is 0.161 e. The van der Waals surface area contributed by atoms with Gasteiger partial charge in [-0.15, -0.1) is 0 Å². The van der Waals surface area contributed by atoms with Crippen molar-refractivity contribution in [1.82, 2.24) is 10.2 Å². The van der Waals surface area contributed by atoms with Gasteiger partial charge in [0.2, 0.25) is 0 Å². The lowest BCUT2D eigenvalue weighted by Gasteiger charge is -2.35. The number of nitrogens with one attached hydrogen (secondary N) is 1. The third kappa shape index (κ3) is 4.77. The molecule has 1 aliphatic rings. The molecule has 26 heavy (non-hydrogen) atoms. The second-order valence-electron chi connectivity index (χ2n) is 6.78. The van der Waals surface area contributed by atoms with E-state index < -0.39 is 0 Å². The molecule has 1 saturated heterocycles. The van der Waals surface area contributed by atoms with Gasteiger partial charge in [-0.05, 0) is 29.7 Å². The largest absolute Gasteiger partial charge is 0.493 e. The van der Waals surface area contributed by atoms with Crippen molar-refractivity contribution in [2.75, 3.05) is 33.3 Å². The molecule has 0 saturated carbocycles. The smallest absolute Gasteiger partial charge is 0.161 e. The summed E-state index contributed by atoms with van der Waals surface area (Å²) in [6, 6.07) is 17.1. The van der Waals surface area contributed by atoms with E-state index in [1.807, 2.05) is 24.3 Å². The van der Waals surface area contributed by atoms with Crippen LogP contribution in [0.3, 0.4) is 0 Å². The first kappa shape index (κ1) is 18.7. The fraction of sp³-hybridized carbons (Fsp3) is 0.455. The molecular weight excluding hydrogens is 324 g/mol. The molecule has 0 aliphatic carbocycles. The van der Waals surface area contributed by atoms with Crippen molar-refractivity contribution in [2.45, 2.75) is 32.4 Å². The van der Waals surface area contributed by atoms with Gasteiger partial charge in [-0.2, -0.15) is 0 Å². The summed E-state index contributed by atoms with van der Waals surface area (Å²) in [6.45, 7) is 7.12. The Labute approximate surface area is 157 Å². The van der Waals surface area contributed by atoms with Crippen LogP contribution in [0.5, 0.6) is 11.5 Å². The average molecular weight is 354 g/mol. The normalized spacial score (nSPS) is 16.2. The molecule has 1 fully saturated rings. The lowest BCUT2D eigenvalue weighted by molar-refractivity contribution is 0.164. The first-order valence-electron chi connectivity index (χ1n) is 9.61. The van der Waals surface area contributed by atoms with E-state index in [-0.39, 0.29) is 0 Å². The molecular formula is C22H30N2O2. The minimum atomic E-state index is 0.437. The maximum atomic E-state index is 6.11. The Hall–Kier alpha value is -2.04. The number of piperazine rings is 1. The zero-order valence-corrected chi connectivity index (χ0v) is 15.9.